The van der Waals surface area contributed by atoms with Gasteiger partial charge in [0.25, 0.3) is 0 Å². The summed E-state index contributed by atoms with van der Waals surface area (Å²) in [5.41, 5.74) is -0.0511. The van der Waals surface area contributed by atoms with Gasteiger partial charge in [0.1, 0.15) is 0 Å². The van der Waals surface area contributed by atoms with Crippen LogP contribution in [0.3, 0.4) is 0 Å². The van der Waals surface area contributed by atoms with Crippen LogP contribution in [0.2, 0.25) is 0 Å². The number of hydrogen-bond acceptors (Lipinski definition) is 2. The van der Waals surface area contributed by atoms with E-state index in [1.54, 1.807) is 0 Å². The van der Waals surface area contributed by atoms with Crippen molar-refractivity contribution in [2.24, 2.45) is 0 Å². The zero-order valence-electron chi connectivity index (χ0n) is 9.02. The minimum Gasteiger partial charge on any atom is -0.376 e. The van der Waals surface area contributed by atoms with Gasteiger partial charge in [0, 0.05) is 6.61 Å². The summed E-state index contributed by atoms with van der Waals surface area (Å²) >= 11 is 0. The highest BCUT2D eigenvalue weighted by molar-refractivity contribution is 4.62. The van der Waals surface area contributed by atoms with E-state index in [4.69, 9.17) is 9.47 Å². The molecule has 74 valence electrons. The van der Waals surface area contributed by atoms with Gasteiger partial charge in [-0.3, -0.25) is 0 Å². The maximum Gasteiger partial charge on any atom is 0.0806 e. The van der Waals surface area contributed by atoms with E-state index in [0.717, 1.165) is 13.0 Å². The second-order valence-electron chi connectivity index (χ2n) is 3.91. The molecule has 1 unspecified atom stereocenters. The lowest BCUT2D eigenvalue weighted by Crippen LogP contribution is -2.27. The summed E-state index contributed by atoms with van der Waals surface area (Å²) in [5.74, 6) is 0. The van der Waals surface area contributed by atoms with E-state index in [1.165, 1.54) is 0 Å². The highest BCUT2D eigenvalue weighted by Gasteiger charge is 2.13. The van der Waals surface area contributed by atoms with Crippen molar-refractivity contribution >= 4 is 0 Å². The van der Waals surface area contributed by atoms with Crippen molar-refractivity contribution in [3.63, 3.8) is 0 Å². The van der Waals surface area contributed by atoms with Crippen molar-refractivity contribution in [1.82, 2.24) is 0 Å². The van der Waals surface area contributed by atoms with Gasteiger partial charge in [0.2, 0.25) is 0 Å². The maximum atomic E-state index is 5.61. The number of rotatable bonds is 5. The van der Waals surface area contributed by atoms with Crippen molar-refractivity contribution in [2.75, 3.05) is 13.2 Å². The Balaban J connectivity index is 3.58. The Kier molecular flexibility index (Phi) is 5.51. The molecule has 0 radical (unpaired) electrons. The summed E-state index contributed by atoms with van der Waals surface area (Å²) in [6.45, 7) is 11.8. The Morgan fingerprint density at radius 1 is 1.17 bits per heavy atom. The summed E-state index contributed by atoms with van der Waals surface area (Å²) in [6, 6.07) is 0. The minimum absolute atomic E-state index is 0.0511. The van der Waals surface area contributed by atoms with Crippen molar-refractivity contribution in [1.29, 1.82) is 0 Å². The van der Waals surface area contributed by atoms with E-state index in [0.29, 0.717) is 6.61 Å². The molecule has 2 heteroatoms. The molecular weight excluding hydrogens is 152 g/mol. The first kappa shape index (κ1) is 11.9. The third kappa shape index (κ3) is 6.62. The van der Waals surface area contributed by atoms with Gasteiger partial charge < -0.3 is 9.47 Å². The third-order valence-electron chi connectivity index (χ3n) is 1.56. The summed E-state index contributed by atoms with van der Waals surface area (Å²) in [4.78, 5) is 0. The quantitative estimate of drug-likeness (QED) is 0.638. The van der Waals surface area contributed by atoms with Crippen LogP contribution < -0.4 is 0 Å². The molecule has 0 aromatic carbocycles. The molecule has 0 saturated carbocycles. The molecule has 2 nitrogen and oxygen atoms in total. The van der Waals surface area contributed by atoms with Crippen LogP contribution in [0.5, 0.6) is 0 Å². The van der Waals surface area contributed by atoms with Gasteiger partial charge in [0.15, 0.2) is 0 Å². The Morgan fingerprint density at radius 3 is 2.08 bits per heavy atom. The largest absolute Gasteiger partial charge is 0.376 e. The summed E-state index contributed by atoms with van der Waals surface area (Å²) in [7, 11) is 0. The van der Waals surface area contributed by atoms with Gasteiger partial charge in [-0.15, -0.1) is 0 Å². The normalized spacial score (nSPS) is 14.8. The average Bonchev–Trinajstić information content (AvgIpc) is 1.96. The fourth-order valence-electron chi connectivity index (χ4n) is 0.862. The van der Waals surface area contributed by atoms with Crippen molar-refractivity contribution in [2.45, 2.75) is 52.7 Å². The van der Waals surface area contributed by atoms with Gasteiger partial charge in [0.05, 0.1) is 18.3 Å². The lowest BCUT2D eigenvalue weighted by molar-refractivity contribution is -0.0709. The molecule has 0 N–H and O–H groups in total. The van der Waals surface area contributed by atoms with E-state index < -0.39 is 0 Å². The fraction of sp³-hybridized carbons (Fsp3) is 1.00. The Morgan fingerprint density at radius 2 is 1.75 bits per heavy atom. The van der Waals surface area contributed by atoms with E-state index >= 15 is 0 Å². The molecular formula is C10H22O2. The molecule has 0 bridgehead atoms. The molecule has 0 aromatic heterocycles. The van der Waals surface area contributed by atoms with Crippen LogP contribution in [0.15, 0.2) is 0 Å². The van der Waals surface area contributed by atoms with Crippen molar-refractivity contribution < 1.29 is 9.47 Å². The molecule has 0 aliphatic heterocycles. The van der Waals surface area contributed by atoms with Crippen molar-refractivity contribution in [3.05, 3.63) is 0 Å². The van der Waals surface area contributed by atoms with Gasteiger partial charge >= 0.3 is 0 Å². The molecule has 0 rings (SSSR count). The predicted octanol–water partition coefficient (Wildman–Crippen LogP) is 2.62. The molecule has 0 aliphatic carbocycles. The van der Waals surface area contributed by atoms with E-state index in [1.807, 2.05) is 6.92 Å². The van der Waals surface area contributed by atoms with Gasteiger partial charge in [-0.2, -0.15) is 0 Å². The van der Waals surface area contributed by atoms with Crippen LogP contribution in [0.4, 0.5) is 0 Å². The van der Waals surface area contributed by atoms with E-state index in [-0.39, 0.29) is 11.7 Å². The molecule has 0 heterocycles. The first-order valence-electron chi connectivity index (χ1n) is 4.75. The Bertz CT molecular complexity index is 105. The smallest absolute Gasteiger partial charge is 0.0806 e. The molecule has 1 atom stereocenters. The summed E-state index contributed by atoms with van der Waals surface area (Å²) in [6.07, 6.45) is 1.28. The second kappa shape index (κ2) is 5.55. The monoisotopic (exact) mass is 174 g/mol. The van der Waals surface area contributed by atoms with Crippen LogP contribution in [-0.4, -0.2) is 24.9 Å². The first-order valence-corrected chi connectivity index (χ1v) is 4.75. The standard InChI is InChI=1S/C10H22O2/c1-6-9(11-7-2)8-12-10(3,4)5/h9H,6-8H2,1-5H3. The molecule has 0 saturated heterocycles. The molecule has 0 fully saturated rings. The molecule has 12 heavy (non-hydrogen) atoms. The van der Waals surface area contributed by atoms with Crippen molar-refractivity contribution in [3.8, 4) is 0 Å². The molecule has 0 spiro atoms. The van der Waals surface area contributed by atoms with Gasteiger partial charge in [-0.05, 0) is 34.1 Å². The van der Waals surface area contributed by atoms with Gasteiger partial charge in [-0.25, -0.2) is 0 Å². The molecule has 0 amide bonds. The zero-order chi connectivity index (χ0) is 9.61. The van der Waals surface area contributed by atoms with E-state index in [9.17, 15) is 0 Å². The summed E-state index contributed by atoms with van der Waals surface area (Å²) < 4.78 is 11.1. The van der Waals surface area contributed by atoms with Crippen LogP contribution in [0, 0.1) is 0 Å². The SMILES string of the molecule is CCOC(CC)COC(C)(C)C. The van der Waals surface area contributed by atoms with Crippen LogP contribution in [0.1, 0.15) is 41.0 Å². The molecule has 0 aromatic rings. The highest BCUT2D eigenvalue weighted by atomic mass is 16.5. The summed E-state index contributed by atoms with van der Waals surface area (Å²) in [5, 5.41) is 0. The minimum atomic E-state index is -0.0511. The predicted molar refractivity (Wildman–Crippen MR) is 51.4 cm³/mol. The van der Waals surface area contributed by atoms with Crippen LogP contribution in [0.25, 0.3) is 0 Å². The van der Waals surface area contributed by atoms with Crippen LogP contribution >= 0.6 is 0 Å². The Labute approximate surface area is 76.3 Å². The third-order valence-corrected chi connectivity index (χ3v) is 1.56. The molecule has 0 aliphatic rings. The zero-order valence-corrected chi connectivity index (χ0v) is 9.02. The highest BCUT2D eigenvalue weighted by Crippen LogP contribution is 2.09. The first-order chi connectivity index (χ1) is 5.49. The topological polar surface area (TPSA) is 18.5 Å². The van der Waals surface area contributed by atoms with Gasteiger partial charge in [-0.1, -0.05) is 6.92 Å². The Hall–Kier alpha value is -0.0800. The average molecular weight is 174 g/mol. The number of hydrogen-bond donors (Lipinski definition) is 0. The lowest BCUT2D eigenvalue weighted by atomic mass is 10.2. The fourth-order valence-corrected chi connectivity index (χ4v) is 0.862. The van der Waals surface area contributed by atoms with E-state index in [2.05, 4.69) is 27.7 Å². The van der Waals surface area contributed by atoms with Crippen LogP contribution in [-0.2, 0) is 9.47 Å². The second-order valence-corrected chi connectivity index (χ2v) is 3.91. The lowest BCUT2D eigenvalue weighted by Gasteiger charge is -2.23. The maximum absolute atomic E-state index is 5.61. The number of ether oxygens (including phenoxy) is 2.